The standard InChI is InChI=1S/C18H25N3O4/c1-12-8-10-13(11-9-12)14-19-15(22-24-17(2,3)4)21-16(20-14)23-25-18(5,6)7/h8-11H,1-7H3. The zero-order valence-corrected chi connectivity index (χ0v) is 15.8. The summed E-state index contributed by atoms with van der Waals surface area (Å²) >= 11 is 0. The predicted molar refractivity (Wildman–Crippen MR) is 92.9 cm³/mol. The van der Waals surface area contributed by atoms with E-state index < -0.39 is 11.2 Å². The molecule has 1 aromatic carbocycles. The Labute approximate surface area is 148 Å². The average molecular weight is 347 g/mol. The van der Waals surface area contributed by atoms with Crippen LogP contribution in [0, 0.1) is 6.92 Å². The molecule has 136 valence electrons. The lowest BCUT2D eigenvalue weighted by molar-refractivity contribution is -0.287. The van der Waals surface area contributed by atoms with Gasteiger partial charge in [-0.3, -0.25) is 9.78 Å². The second-order valence-electron chi connectivity index (χ2n) is 7.65. The van der Waals surface area contributed by atoms with Crippen LogP contribution in [0.2, 0.25) is 0 Å². The van der Waals surface area contributed by atoms with Gasteiger partial charge in [-0.1, -0.05) is 29.8 Å². The molecule has 7 heteroatoms. The lowest BCUT2D eigenvalue weighted by atomic mass is 10.1. The minimum atomic E-state index is -0.514. The largest absolute Gasteiger partial charge is 0.360 e. The first-order valence-electron chi connectivity index (χ1n) is 8.06. The molecule has 1 aromatic heterocycles. The number of aromatic nitrogens is 3. The first kappa shape index (κ1) is 19.1. The molecule has 2 aromatic rings. The summed E-state index contributed by atoms with van der Waals surface area (Å²) in [5.74, 6) is 0.398. The number of hydrogen-bond acceptors (Lipinski definition) is 7. The van der Waals surface area contributed by atoms with Gasteiger partial charge in [0.2, 0.25) is 0 Å². The summed E-state index contributed by atoms with van der Waals surface area (Å²) in [6.45, 7) is 13.1. The summed E-state index contributed by atoms with van der Waals surface area (Å²) in [5.41, 5.74) is 0.909. The molecule has 0 atom stereocenters. The quantitative estimate of drug-likeness (QED) is 0.596. The van der Waals surface area contributed by atoms with E-state index in [1.54, 1.807) is 0 Å². The Morgan fingerprint density at radius 1 is 0.680 bits per heavy atom. The van der Waals surface area contributed by atoms with Crippen LogP contribution in [0.3, 0.4) is 0 Å². The molecule has 0 radical (unpaired) electrons. The van der Waals surface area contributed by atoms with Crippen LogP contribution in [-0.4, -0.2) is 26.2 Å². The van der Waals surface area contributed by atoms with Crippen LogP contribution >= 0.6 is 0 Å². The van der Waals surface area contributed by atoms with Gasteiger partial charge in [-0.2, -0.15) is 19.7 Å². The van der Waals surface area contributed by atoms with Crippen LogP contribution in [-0.2, 0) is 9.78 Å². The zero-order valence-electron chi connectivity index (χ0n) is 15.8. The molecule has 1 heterocycles. The van der Waals surface area contributed by atoms with Crippen molar-refractivity contribution in [1.82, 2.24) is 15.0 Å². The van der Waals surface area contributed by atoms with Crippen molar-refractivity contribution >= 4 is 0 Å². The van der Waals surface area contributed by atoms with Crippen molar-refractivity contribution in [2.45, 2.75) is 59.7 Å². The Morgan fingerprint density at radius 3 is 1.52 bits per heavy atom. The van der Waals surface area contributed by atoms with E-state index in [1.165, 1.54) is 0 Å². The first-order valence-corrected chi connectivity index (χ1v) is 8.06. The van der Waals surface area contributed by atoms with E-state index in [0.717, 1.165) is 11.1 Å². The van der Waals surface area contributed by atoms with Gasteiger partial charge < -0.3 is 0 Å². The van der Waals surface area contributed by atoms with Crippen LogP contribution in [0.5, 0.6) is 12.0 Å². The van der Waals surface area contributed by atoms with Crippen LogP contribution in [0.25, 0.3) is 11.4 Å². The highest BCUT2D eigenvalue weighted by Crippen LogP contribution is 2.22. The van der Waals surface area contributed by atoms with Gasteiger partial charge in [-0.25, -0.2) is 0 Å². The third-order valence-electron chi connectivity index (χ3n) is 2.64. The van der Waals surface area contributed by atoms with Crippen LogP contribution in [0.15, 0.2) is 24.3 Å². The van der Waals surface area contributed by atoms with E-state index in [1.807, 2.05) is 72.7 Å². The van der Waals surface area contributed by atoms with Crippen LogP contribution < -0.4 is 9.78 Å². The fourth-order valence-electron chi connectivity index (χ4n) is 1.57. The molecule has 0 fully saturated rings. The van der Waals surface area contributed by atoms with Crippen molar-refractivity contribution in [1.29, 1.82) is 0 Å². The summed E-state index contributed by atoms with van der Waals surface area (Å²) in [6.07, 6.45) is 0. The molecule has 0 saturated heterocycles. The summed E-state index contributed by atoms with van der Waals surface area (Å²) in [5, 5.41) is 0. The molecule has 0 bridgehead atoms. The van der Waals surface area contributed by atoms with E-state index in [0.29, 0.717) is 5.82 Å². The third kappa shape index (κ3) is 6.64. The highest BCUT2D eigenvalue weighted by molar-refractivity contribution is 5.55. The molecule has 2 rings (SSSR count). The maximum Gasteiger partial charge on any atom is 0.360 e. The van der Waals surface area contributed by atoms with Crippen molar-refractivity contribution in [3.8, 4) is 23.4 Å². The normalized spacial score (nSPS) is 12.1. The van der Waals surface area contributed by atoms with E-state index in [-0.39, 0.29) is 12.0 Å². The van der Waals surface area contributed by atoms with Gasteiger partial charge in [0.05, 0.1) is 0 Å². The van der Waals surface area contributed by atoms with Gasteiger partial charge in [0.15, 0.2) is 5.82 Å². The van der Waals surface area contributed by atoms with Gasteiger partial charge in [-0.15, -0.1) is 4.98 Å². The van der Waals surface area contributed by atoms with Crippen molar-refractivity contribution in [2.24, 2.45) is 0 Å². The fraction of sp³-hybridized carbons (Fsp3) is 0.500. The Morgan fingerprint density at radius 2 is 1.12 bits per heavy atom. The van der Waals surface area contributed by atoms with Gasteiger partial charge in [0, 0.05) is 5.56 Å². The van der Waals surface area contributed by atoms with E-state index in [4.69, 9.17) is 19.6 Å². The van der Waals surface area contributed by atoms with Gasteiger partial charge in [-0.05, 0) is 48.5 Å². The van der Waals surface area contributed by atoms with Crippen LogP contribution in [0.1, 0.15) is 47.1 Å². The van der Waals surface area contributed by atoms with Gasteiger partial charge in [0.25, 0.3) is 0 Å². The molecule has 0 amide bonds. The second kappa shape index (κ2) is 7.33. The van der Waals surface area contributed by atoms with Gasteiger partial charge in [0.1, 0.15) is 11.2 Å². The number of hydrogen-bond donors (Lipinski definition) is 0. The Bertz CT molecular complexity index is 667. The summed E-state index contributed by atoms with van der Waals surface area (Å²) in [4.78, 5) is 33.6. The smallest absolute Gasteiger partial charge is 0.294 e. The van der Waals surface area contributed by atoms with Crippen molar-refractivity contribution in [2.75, 3.05) is 0 Å². The maximum absolute atomic E-state index is 5.28. The maximum atomic E-state index is 5.28. The van der Waals surface area contributed by atoms with Crippen molar-refractivity contribution < 1.29 is 19.6 Å². The van der Waals surface area contributed by atoms with Crippen molar-refractivity contribution in [3.63, 3.8) is 0 Å². The highest BCUT2D eigenvalue weighted by Gasteiger charge is 2.19. The van der Waals surface area contributed by atoms with Crippen LogP contribution in [0.4, 0.5) is 0 Å². The van der Waals surface area contributed by atoms with Gasteiger partial charge >= 0.3 is 12.0 Å². The summed E-state index contributed by atoms with van der Waals surface area (Å²) in [7, 11) is 0. The Hall–Kier alpha value is -2.25. The minimum absolute atomic E-state index is 0.00647. The minimum Gasteiger partial charge on any atom is -0.294 e. The molecule has 0 unspecified atom stereocenters. The molecule has 0 aliphatic carbocycles. The fourth-order valence-corrected chi connectivity index (χ4v) is 1.57. The number of rotatable bonds is 5. The molecular formula is C18H25N3O4. The predicted octanol–water partition coefficient (Wildman–Crippen LogP) is 4.06. The summed E-state index contributed by atoms with van der Waals surface area (Å²) in [6, 6.07) is 7.75. The highest BCUT2D eigenvalue weighted by atomic mass is 17.2. The lowest BCUT2D eigenvalue weighted by Crippen LogP contribution is -2.23. The SMILES string of the molecule is Cc1ccc(-c2nc(OOC(C)(C)C)nc(OOC(C)(C)C)n2)cc1. The number of aryl methyl sites for hydroxylation is 1. The molecule has 25 heavy (non-hydrogen) atoms. The molecule has 0 N–H and O–H groups in total. The molecule has 0 aliphatic heterocycles. The molecule has 0 aliphatic rings. The summed E-state index contributed by atoms with van der Waals surface area (Å²) < 4.78 is 0. The zero-order chi connectivity index (χ0) is 18.7. The molecule has 7 nitrogen and oxygen atoms in total. The third-order valence-corrected chi connectivity index (χ3v) is 2.64. The Balaban J connectivity index is 2.31. The van der Waals surface area contributed by atoms with E-state index in [2.05, 4.69) is 15.0 Å². The number of nitrogens with zero attached hydrogens (tertiary/aromatic N) is 3. The lowest BCUT2D eigenvalue weighted by Gasteiger charge is -2.18. The molecular weight excluding hydrogens is 322 g/mol. The molecule has 0 saturated carbocycles. The average Bonchev–Trinajstić information content (AvgIpc) is 2.50. The van der Waals surface area contributed by atoms with E-state index >= 15 is 0 Å². The number of benzene rings is 1. The Kier molecular flexibility index (Phi) is 5.59. The van der Waals surface area contributed by atoms with E-state index in [9.17, 15) is 0 Å². The monoisotopic (exact) mass is 347 g/mol. The molecule has 0 spiro atoms. The second-order valence-corrected chi connectivity index (χ2v) is 7.65. The first-order chi connectivity index (χ1) is 11.5. The van der Waals surface area contributed by atoms with Crippen molar-refractivity contribution in [3.05, 3.63) is 29.8 Å². The topological polar surface area (TPSA) is 75.6 Å².